The minimum Gasteiger partial charge on any atom is -0.468 e. The maximum absolute atomic E-state index is 13.2. The highest BCUT2D eigenvalue weighted by molar-refractivity contribution is 9.10. The standard InChI is InChI=1S/C19H13BrClF6N3O2/c20-10-5-6-13(11(7-10)18(22,23)24)28-16(31)9-32-17-8-15(19(25,26)27)29-30(17)14-4-2-1-3-12(14)21/h1-8,15,29H,9H2,(H,28,31). The zero-order valence-corrected chi connectivity index (χ0v) is 18.0. The Hall–Kier alpha value is -2.44. The fourth-order valence-corrected chi connectivity index (χ4v) is 3.33. The summed E-state index contributed by atoms with van der Waals surface area (Å²) in [6.45, 7) is -0.855. The molecule has 172 valence electrons. The Morgan fingerprint density at radius 1 is 1.16 bits per heavy atom. The summed E-state index contributed by atoms with van der Waals surface area (Å²) in [5.74, 6) is -1.39. The Kier molecular flexibility index (Phi) is 6.96. The van der Waals surface area contributed by atoms with E-state index in [1.165, 1.54) is 24.3 Å². The van der Waals surface area contributed by atoms with Crippen LogP contribution in [-0.2, 0) is 15.7 Å². The second-order valence-electron chi connectivity index (χ2n) is 6.46. The summed E-state index contributed by atoms with van der Waals surface area (Å²) in [4.78, 5) is 12.2. The van der Waals surface area contributed by atoms with Crippen LogP contribution in [0, 0.1) is 0 Å². The highest BCUT2D eigenvalue weighted by Crippen LogP contribution is 2.37. The predicted octanol–water partition coefficient (Wildman–Crippen LogP) is 5.87. The van der Waals surface area contributed by atoms with Crippen molar-refractivity contribution in [3.05, 3.63) is 69.5 Å². The summed E-state index contributed by atoms with van der Waals surface area (Å²) in [5, 5.41) is 3.07. The highest BCUT2D eigenvalue weighted by atomic mass is 79.9. The molecular weight excluding hydrogens is 532 g/mol. The molecule has 0 saturated carbocycles. The number of ether oxygens (including phenoxy) is 1. The van der Waals surface area contributed by atoms with Gasteiger partial charge in [-0.2, -0.15) is 26.3 Å². The third-order valence-electron chi connectivity index (χ3n) is 4.16. The van der Waals surface area contributed by atoms with E-state index in [-0.39, 0.29) is 21.1 Å². The van der Waals surface area contributed by atoms with Crippen molar-refractivity contribution in [3.63, 3.8) is 0 Å². The van der Waals surface area contributed by atoms with Crippen LogP contribution in [0.2, 0.25) is 5.02 Å². The molecule has 0 spiro atoms. The van der Waals surface area contributed by atoms with E-state index in [4.69, 9.17) is 16.3 Å². The minimum absolute atomic E-state index is 0.103. The van der Waals surface area contributed by atoms with E-state index in [2.05, 4.69) is 26.7 Å². The number of hydrazine groups is 1. The number of carbonyl (C=O) groups excluding carboxylic acids is 1. The molecule has 2 aromatic carbocycles. The summed E-state index contributed by atoms with van der Waals surface area (Å²) in [6, 6.07) is 6.95. The molecule has 1 aliphatic heterocycles. The number of para-hydroxylation sites is 1. The Bertz CT molecular complexity index is 1040. The molecular formula is C19H13BrClF6N3O2. The number of nitrogens with zero attached hydrogens (tertiary/aromatic N) is 1. The number of alkyl halides is 6. The molecule has 1 atom stereocenters. The van der Waals surface area contributed by atoms with Crippen molar-refractivity contribution < 1.29 is 35.9 Å². The zero-order valence-electron chi connectivity index (χ0n) is 15.7. The number of anilines is 2. The molecule has 0 aromatic heterocycles. The van der Waals surface area contributed by atoms with Crippen LogP contribution >= 0.6 is 27.5 Å². The van der Waals surface area contributed by atoms with Gasteiger partial charge in [0.1, 0.15) is 6.04 Å². The number of nitrogens with one attached hydrogen (secondary N) is 2. The molecule has 0 radical (unpaired) electrons. The number of hydrogen-bond acceptors (Lipinski definition) is 4. The van der Waals surface area contributed by atoms with Crippen molar-refractivity contribution in [1.82, 2.24) is 5.43 Å². The zero-order chi connectivity index (χ0) is 23.7. The van der Waals surface area contributed by atoms with Gasteiger partial charge < -0.3 is 10.1 Å². The highest BCUT2D eigenvalue weighted by Gasteiger charge is 2.44. The van der Waals surface area contributed by atoms with E-state index >= 15 is 0 Å². The molecule has 0 bridgehead atoms. The molecule has 2 aromatic rings. The smallest absolute Gasteiger partial charge is 0.418 e. The molecule has 1 unspecified atom stereocenters. The topological polar surface area (TPSA) is 53.6 Å². The van der Waals surface area contributed by atoms with Crippen molar-refractivity contribution in [2.45, 2.75) is 18.4 Å². The first-order chi connectivity index (χ1) is 14.9. The predicted molar refractivity (Wildman–Crippen MR) is 109 cm³/mol. The Morgan fingerprint density at radius 2 is 1.84 bits per heavy atom. The molecule has 2 N–H and O–H groups in total. The quantitative estimate of drug-likeness (QED) is 0.462. The second-order valence-corrected chi connectivity index (χ2v) is 7.79. The van der Waals surface area contributed by atoms with Crippen LogP contribution in [0.3, 0.4) is 0 Å². The van der Waals surface area contributed by atoms with Crippen molar-refractivity contribution in [1.29, 1.82) is 0 Å². The number of amides is 1. The van der Waals surface area contributed by atoms with Gasteiger partial charge in [-0.25, -0.2) is 10.4 Å². The van der Waals surface area contributed by atoms with Crippen molar-refractivity contribution >= 4 is 44.8 Å². The van der Waals surface area contributed by atoms with Crippen LogP contribution in [0.5, 0.6) is 0 Å². The van der Waals surface area contributed by atoms with Gasteiger partial charge in [0, 0.05) is 10.5 Å². The largest absolute Gasteiger partial charge is 0.468 e. The van der Waals surface area contributed by atoms with Crippen molar-refractivity contribution in [2.24, 2.45) is 0 Å². The van der Waals surface area contributed by atoms with E-state index in [0.29, 0.717) is 6.08 Å². The molecule has 13 heteroatoms. The van der Waals surface area contributed by atoms with Gasteiger partial charge >= 0.3 is 12.4 Å². The van der Waals surface area contributed by atoms with Crippen LogP contribution in [0.25, 0.3) is 0 Å². The van der Waals surface area contributed by atoms with Gasteiger partial charge in [0.15, 0.2) is 6.61 Å². The average molecular weight is 545 g/mol. The van der Waals surface area contributed by atoms with Crippen LogP contribution in [-0.4, -0.2) is 24.7 Å². The molecule has 0 fully saturated rings. The normalized spacial score (nSPS) is 16.7. The van der Waals surface area contributed by atoms with Crippen LogP contribution in [0.4, 0.5) is 37.7 Å². The maximum Gasteiger partial charge on any atom is 0.418 e. The summed E-state index contributed by atoms with van der Waals surface area (Å²) in [6.07, 6.45) is -8.73. The van der Waals surface area contributed by atoms with Crippen molar-refractivity contribution in [3.8, 4) is 0 Å². The number of halogens is 8. The lowest BCUT2D eigenvalue weighted by Gasteiger charge is -2.25. The van der Waals surface area contributed by atoms with E-state index in [1.807, 2.05) is 0 Å². The van der Waals surface area contributed by atoms with Gasteiger partial charge in [-0.3, -0.25) is 4.79 Å². The Labute approximate surface area is 191 Å². The molecule has 1 heterocycles. The second kappa shape index (κ2) is 9.20. The van der Waals surface area contributed by atoms with Gasteiger partial charge in [0.2, 0.25) is 5.88 Å². The average Bonchev–Trinajstić information content (AvgIpc) is 3.12. The van der Waals surface area contributed by atoms with Crippen LogP contribution in [0.1, 0.15) is 5.56 Å². The van der Waals surface area contributed by atoms with E-state index in [1.54, 1.807) is 6.07 Å². The minimum atomic E-state index is -4.74. The Balaban J connectivity index is 1.77. The third-order valence-corrected chi connectivity index (χ3v) is 4.97. The molecule has 1 aliphatic rings. The first kappa shape index (κ1) is 24.2. The molecule has 1 amide bonds. The first-order valence-electron chi connectivity index (χ1n) is 8.75. The van der Waals surface area contributed by atoms with Gasteiger partial charge in [0.05, 0.1) is 22.0 Å². The van der Waals surface area contributed by atoms with Gasteiger partial charge in [-0.1, -0.05) is 39.7 Å². The fraction of sp³-hybridized carbons (Fsp3) is 0.211. The summed E-state index contributed by atoms with van der Waals surface area (Å²) in [5.41, 5.74) is 0.668. The van der Waals surface area contributed by atoms with Crippen LogP contribution in [0.15, 0.2) is 58.9 Å². The Morgan fingerprint density at radius 3 is 2.47 bits per heavy atom. The lowest BCUT2D eigenvalue weighted by molar-refractivity contribution is -0.143. The molecule has 32 heavy (non-hydrogen) atoms. The van der Waals surface area contributed by atoms with E-state index in [0.717, 1.165) is 17.1 Å². The van der Waals surface area contributed by atoms with Crippen LogP contribution < -0.4 is 15.8 Å². The molecule has 5 nitrogen and oxygen atoms in total. The lowest BCUT2D eigenvalue weighted by Crippen LogP contribution is -2.45. The fourth-order valence-electron chi connectivity index (χ4n) is 2.74. The number of benzene rings is 2. The molecule has 0 saturated heterocycles. The third kappa shape index (κ3) is 5.67. The van der Waals surface area contributed by atoms with E-state index in [9.17, 15) is 31.1 Å². The maximum atomic E-state index is 13.2. The van der Waals surface area contributed by atoms with E-state index < -0.39 is 42.2 Å². The summed E-state index contributed by atoms with van der Waals surface area (Å²) >= 11 is 8.97. The molecule has 3 rings (SSSR count). The van der Waals surface area contributed by atoms with Crippen molar-refractivity contribution in [2.75, 3.05) is 16.9 Å². The summed E-state index contributed by atoms with van der Waals surface area (Å²) < 4.78 is 84.5. The first-order valence-corrected chi connectivity index (χ1v) is 9.92. The number of hydrogen-bond donors (Lipinski definition) is 2. The summed E-state index contributed by atoms with van der Waals surface area (Å²) in [7, 11) is 0. The lowest BCUT2D eigenvalue weighted by atomic mass is 10.1. The number of carbonyl (C=O) groups is 1. The van der Waals surface area contributed by atoms with Gasteiger partial charge in [-0.15, -0.1) is 0 Å². The number of rotatable bonds is 5. The monoisotopic (exact) mass is 543 g/mol. The van der Waals surface area contributed by atoms with Gasteiger partial charge in [-0.05, 0) is 30.3 Å². The molecule has 0 aliphatic carbocycles. The van der Waals surface area contributed by atoms with Gasteiger partial charge in [0.25, 0.3) is 5.91 Å². The SMILES string of the molecule is O=C(COC1=CC(C(F)(F)F)NN1c1ccccc1Cl)Nc1ccc(Br)cc1C(F)(F)F.